The summed E-state index contributed by atoms with van der Waals surface area (Å²) in [7, 11) is 0. The molecule has 0 aliphatic carbocycles. The minimum absolute atomic E-state index is 0.337. The second-order valence-corrected chi connectivity index (χ2v) is 5.25. The van der Waals surface area contributed by atoms with Gasteiger partial charge in [0.05, 0.1) is 17.8 Å². The molecular formula is C12H22O2. The highest BCUT2D eigenvalue weighted by Gasteiger charge is 2.50. The summed E-state index contributed by atoms with van der Waals surface area (Å²) in [5.74, 6) is 0.742. The lowest BCUT2D eigenvalue weighted by Crippen LogP contribution is -2.45. The van der Waals surface area contributed by atoms with E-state index in [1.54, 1.807) is 0 Å². The fourth-order valence-corrected chi connectivity index (χ4v) is 3.03. The van der Waals surface area contributed by atoms with Gasteiger partial charge in [0.25, 0.3) is 0 Å². The number of hydrogen-bond donors (Lipinski definition) is 1. The number of hydrogen-bond acceptors (Lipinski definition) is 2. The summed E-state index contributed by atoms with van der Waals surface area (Å²) in [4.78, 5) is 0. The second kappa shape index (κ2) is 3.49. The molecule has 5 atom stereocenters. The van der Waals surface area contributed by atoms with Crippen LogP contribution >= 0.6 is 0 Å². The number of rotatable bonds is 3. The Morgan fingerprint density at radius 2 is 2.21 bits per heavy atom. The van der Waals surface area contributed by atoms with E-state index in [1.165, 1.54) is 6.42 Å². The molecule has 2 heteroatoms. The Labute approximate surface area is 86.6 Å². The Morgan fingerprint density at radius 1 is 1.50 bits per heavy atom. The molecule has 14 heavy (non-hydrogen) atoms. The molecule has 2 fully saturated rings. The van der Waals surface area contributed by atoms with Gasteiger partial charge in [-0.2, -0.15) is 0 Å². The van der Waals surface area contributed by atoms with Gasteiger partial charge in [0.1, 0.15) is 0 Å². The molecule has 2 heterocycles. The molecule has 5 unspecified atom stereocenters. The first-order valence-corrected chi connectivity index (χ1v) is 5.93. The van der Waals surface area contributed by atoms with Crippen molar-refractivity contribution in [3.63, 3.8) is 0 Å². The minimum Gasteiger partial charge on any atom is -0.390 e. The Morgan fingerprint density at radius 3 is 2.64 bits per heavy atom. The molecule has 2 nitrogen and oxygen atoms in total. The van der Waals surface area contributed by atoms with E-state index in [0.29, 0.717) is 24.0 Å². The SMILES string of the molecule is CCC(C)C(C)(O)C1CC2CCC1O2. The fraction of sp³-hybridized carbons (Fsp3) is 1.00. The Balaban J connectivity index is 2.07. The molecule has 2 rings (SSSR count). The summed E-state index contributed by atoms with van der Waals surface area (Å²) < 4.78 is 5.81. The molecule has 0 saturated carbocycles. The second-order valence-electron chi connectivity index (χ2n) is 5.25. The van der Waals surface area contributed by atoms with Crippen LogP contribution in [0.5, 0.6) is 0 Å². The van der Waals surface area contributed by atoms with Gasteiger partial charge in [0.15, 0.2) is 0 Å². The van der Waals surface area contributed by atoms with Gasteiger partial charge in [-0.1, -0.05) is 20.3 Å². The van der Waals surface area contributed by atoms with E-state index in [-0.39, 0.29) is 0 Å². The van der Waals surface area contributed by atoms with Gasteiger partial charge in [0, 0.05) is 5.92 Å². The molecule has 0 aromatic heterocycles. The average Bonchev–Trinajstić information content (AvgIpc) is 2.77. The number of aliphatic hydroxyl groups is 1. The summed E-state index contributed by atoms with van der Waals surface area (Å²) in [6, 6.07) is 0. The van der Waals surface area contributed by atoms with E-state index in [2.05, 4.69) is 13.8 Å². The smallest absolute Gasteiger partial charge is 0.0698 e. The van der Waals surface area contributed by atoms with E-state index in [0.717, 1.165) is 19.3 Å². The van der Waals surface area contributed by atoms with Crippen LogP contribution < -0.4 is 0 Å². The van der Waals surface area contributed by atoms with Gasteiger partial charge in [-0.3, -0.25) is 0 Å². The molecule has 1 N–H and O–H groups in total. The lowest BCUT2D eigenvalue weighted by molar-refractivity contribution is -0.0710. The standard InChI is InChI=1S/C12H22O2/c1-4-8(2)12(3,13)10-7-9-5-6-11(10)14-9/h8-11,13H,4-7H2,1-3H3. The first-order valence-electron chi connectivity index (χ1n) is 5.93. The molecule has 82 valence electrons. The summed E-state index contributed by atoms with van der Waals surface area (Å²) in [5, 5.41) is 10.5. The van der Waals surface area contributed by atoms with Gasteiger partial charge < -0.3 is 9.84 Å². The van der Waals surface area contributed by atoms with Crippen LogP contribution in [-0.4, -0.2) is 22.9 Å². The van der Waals surface area contributed by atoms with Crippen LogP contribution in [0.15, 0.2) is 0 Å². The molecule has 2 bridgehead atoms. The van der Waals surface area contributed by atoms with Crippen molar-refractivity contribution in [2.75, 3.05) is 0 Å². The van der Waals surface area contributed by atoms with Crippen LogP contribution in [0.1, 0.15) is 46.5 Å². The highest BCUT2D eigenvalue weighted by atomic mass is 16.5. The van der Waals surface area contributed by atoms with Crippen molar-refractivity contribution in [3.8, 4) is 0 Å². The normalized spacial score (nSPS) is 42.4. The third-order valence-corrected chi connectivity index (χ3v) is 4.47. The zero-order valence-corrected chi connectivity index (χ0v) is 9.49. The maximum Gasteiger partial charge on any atom is 0.0698 e. The topological polar surface area (TPSA) is 29.5 Å². The van der Waals surface area contributed by atoms with Crippen molar-refractivity contribution in [1.82, 2.24) is 0 Å². The number of ether oxygens (including phenoxy) is 1. The molecular weight excluding hydrogens is 176 g/mol. The van der Waals surface area contributed by atoms with Crippen LogP contribution in [-0.2, 0) is 4.74 Å². The molecule has 2 aliphatic heterocycles. The van der Waals surface area contributed by atoms with E-state index >= 15 is 0 Å². The highest BCUT2D eigenvalue weighted by Crippen LogP contribution is 2.46. The Bertz CT molecular complexity index is 212. The van der Waals surface area contributed by atoms with E-state index < -0.39 is 5.60 Å². The van der Waals surface area contributed by atoms with Crippen LogP contribution in [0, 0.1) is 11.8 Å². The van der Waals surface area contributed by atoms with Crippen molar-refractivity contribution in [2.24, 2.45) is 11.8 Å². The summed E-state index contributed by atoms with van der Waals surface area (Å²) in [5.41, 5.74) is -0.533. The summed E-state index contributed by atoms with van der Waals surface area (Å²) in [6.07, 6.45) is 5.26. The summed E-state index contributed by atoms with van der Waals surface area (Å²) >= 11 is 0. The average molecular weight is 198 g/mol. The molecule has 2 saturated heterocycles. The summed E-state index contributed by atoms with van der Waals surface area (Å²) in [6.45, 7) is 6.29. The lowest BCUT2D eigenvalue weighted by Gasteiger charge is -2.38. The monoisotopic (exact) mass is 198 g/mol. The van der Waals surface area contributed by atoms with E-state index in [4.69, 9.17) is 4.74 Å². The fourth-order valence-electron chi connectivity index (χ4n) is 3.03. The van der Waals surface area contributed by atoms with Gasteiger partial charge in [0.2, 0.25) is 0 Å². The maximum absolute atomic E-state index is 10.5. The highest BCUT2D eigenvalue weighted by molar-refractivity contribution is 4.99. The predicted molar refractivity (Wildman–Crippen MR) is 56.1 cm³/mol. The van der Waals surface area contributed by atoms with E-state index in [9.17, 15) is 5.11 Å². The first-order chi connectivity index (χ1) is 6.55. The zero-order valence-electron chi connectivity index (χ0n) is 9.49. The molecule has 0 radical (unpaired) electrons. The van der Waals surface area contributed by atoms with Gasteiger partial charge in [-0.05, 0) is 32.1 Å². The third kappa shape index (κ3) is 1.49. The minimum atomic E-state index is -0.533. The molecule has 0 spiro atoms. The van der Waals surface area contributed by atoms with Crippen LogP contribution in [0.4, 0.5) is 0 Å². The van der Waals surface area contributed by atoms with Crippen molar-refractivity contribution < 1.29 is 9.84 Å². The van der Waals surface area contributed by atoms with Gasteiger partial charge in [-0.25, -0.2) is 0 Å². The van der Waals surface area contributed by atoms with Crippen molar-refractivity contribution in [2.45, 2.75) is 64.3 Å². The van der Waals surface area contributed by atoms with Crippen molar-refractivity contribution in [1.29, 1.82) is 0 Å². The van der Waals surface area contributed by atoms with Crippen molar-refractivity contribution in [3.05, 3.63) is 0 Å². The maximum atomic E-state index is 10.5. The van der Waals surface area contributed by atoms with Crippen molar-refractivity contribution >= 4 is 0 Å². The third-order valence-electron chi connectivity index (χ3n) is 4.47. The molecule has 0 aromatic carbocycles. The van der Waals surface area contributed by atoms with E-state index in [1.807, 2.05) is 6.92 Å². The Kier molecular flexibility index (Phi) is 2.61. The quantitative estimate of drug-likeness (QED) is 0.754. The van der Waals surface area contributed by atoms with Crippen LogP contribution in [0.25, 0.3) is 0 Å². The largest absolute Gasteiger partial charge is 0.390 e. The molecule has 2 aliphatic rings. The lowest BCUT2D eigenvalue weighted by atomic mass is 9.71. The van der Waals surface area contributed by atoms with Crippen LogP contribution in [0.3, 0.4) is 0 Å². The predicted octanol–water partition coefficient (Wildman–Crippen LogP) is 2.35. The first kappa shape index (κ1) is 10.4. The molecule has 0 aromatic rings. The number of fused-ring (bicyclic) bond motifs is 2. The van der Waals surface area contributed by atoms with Crippen LogP contribution in [0.2, 0.25) is 0 Å². The Hall–Kier alpha value is -0.0800. The molecule has 0 amide bonds. The van der Waals surface area contributed by atoms with Gasteiger partial charge in [-0.15, -0.1) is 0 Å². The zero-order chi connectivity index (χ0) is 10.3. The van der Waals surface area contributed by atoms with Gasteiger partial charge >= 0.3 is 0 Å².